The maximum absolute atomic E-state index is 10.3. The van der Waals surface area contributed by atoms with Crippen LogP contribution in [-0.2, 0) is 15.2 Å². The van der Waals surface area contributed by atoms with Crippen LogP contribution in [0.1, 0.15) is 59.9 Å². The molecule has 0 saturated carbocycles. The summed E-state index contributed by atoms with van der Waals surface area (Å²) in [6.45, 7) is 7.85. The molecule has 3 aliphatic rings. The van der Waals surface area contributed by atoms with E-state index in [9.17, 15) is 10.5 Å². The van der Waals surface area contributed by atoms with Gasteiger partial charge in [-0.05, 0) is 39.3 Å². The van der Waals surface area contributed by atoms with Crippen molar-refractivity contribution in [1.29, 1.82) is 10.5 Å². The number of thioether (sulfide) groups is 1. The van der Waals surface area contributed by atoms with Crippen LogP contribution in [-0.4, -0.2) is 68.0 Å². The summed E-state index contributed by atoms with van der Waals surface area (Å²) < 4.78 is 10.2. The highest BCUT2D eigenvalue weighted by molar-refractivity contribution is 8.00. The zero-order chi connectivity index (χ0) is 31.4. The molecule has 2 saturated heterocycles. The van der Waals surface area contributed by atoms with Crippen LogP contribution < -0.4 is 31.3 Å². The van der Waals surface area contributed by atoms with Crippen molar-refractivity contribution in [1.82, 2.24) is 20.3 Å². The largest absolute Gasteiger partial charge is 0.467 e. The number of aromatic nitrogens is 3. The van der Waals surface area contributed by atoms with Gasteiger partial charge in [0.1, 0.15) is 28.5 Å². The first-order chi connectivity index (χ1) is 21.3. The van der Waals surface area contributed by atoms with Gasteiger partial charge in [-0.15, -0.1) is 23.1 Å². The molecule has 1 spiro atoms. The van der Waals surface area contributed by atoms with Crippen LogP contribution in [0.2, 0.25) is 0 Å². The topological polar surface area (TPSA) is 175 Å². The second kappa shape index (κ2) is 13.4. The fourth-order valence-electron chi connectivity index (χ4n) is 6.14. The van der Waals surface area contributed by atoms with Gasteiger partial charge in [-0.2, -0.15) is 20.5 Å². The Morgan fingerprint density at radius 3 is 2.61 bits per heavy atom. The number of rotatable bonds is 8. The first-order valence-corrected chi connectivity index (χ1v) is 16.4. The molecule has 5 N–H and O–H groups in total. The Balaban J connectivity index is 0.000000418. The monoisotopic (exact) mass is 634 g/mol. The molecular formula is C30H38N10O2S2. The van der Waals surface area contributed by atoms with Crippen molar-refractivity contribution < 1.29 is 9.47 Å². The van der Waals surface area contributed by atoms with E-state index in [1.165, 1.54) is 37.8 Å². The van der Waals surface area contributed by atoms with E-state index in [1.54, 1.807) is 13.3 Å². The molecule has 232 valence electrons. The number of hydrogen-bond acceptors (Lipinski definition) is 14. The summed E-state index contributed by atoms with van der Waals surface area (Å²) >= 11 is 3.32. The lowest BCUT2D eigenvalue weighted by molar-refractivity contribution is 0.173. The van der Waals surface area contributed by atoms with Gasteiger partial charge in [0.05, 0.1) is 30.1 Å². The van der Waals surface area contributed by atoms with E-state index in [1.807, 2.05) is 42.6 Å². The zero-order valence-corrected chi connectivity index (χ0v) is 27.1. The minimum Gasteiger partial charge on any atom is -0.467 e. The number of nitrogens with zero attached hydrogens (tertiary/aromatic N) is 7. The van der Waals surface area contributed by atoms with Gasteiger partial charge in [-0.1, -0.05) is 6.07 Å². The Bertz CT molecular complexity index is 1570. The van der Waals surface area contributed by atoms with Crippen LogP contribution >= 0.6 is 23.1 Å². The smallest absolute Gasteiger partial charge is 0.320 e. The van der Waals surface area contributed by atoms with Crippen LogP contribution in [0, 0.1) is 22.7 Å². The van der Waals surface area contributed by atoms with Crippen molar-refractivity contribution in [2.45, 2.75) is 49.3 Å². The second-order valence-corrected chi connectivity index (χ2v) is 13.4. The molecule has 2 fully saturated rings. The molecule has 0 aliphatic carbocycles. The first kappa shape index (κ1) is 31.6. The number of nitrogens with one attached hydrogen (secondary N) is 1. The Labute approximate surface area is 266 Å². The van der Waals surface area contributed by atoms with Gasteiger partial charge >= 0.3 is 6.01 Å². The second-order valence-electron chi connectivity index (χ2n) is 10.9. The van der Waals surface area contributed by atoms with E-state index in [2.05, 4.69) is 37.3 Å². The predicted molar refractivity (Wildman–Crippen MR) is 175 cm³/mol. The van der Waals surface area contributed by atoms with Crippen LogP contribution in [0.25, 0.3) is 0 Å². The number of ether oxygens (including phenoxy) is 2. The average molecular weight is 635 g/mol. The maximum Gasteiger partial charge on any atom is 0.320 e. The van der Waals surface area contributed by atoms with Gasteiger partial charge in [0, 0.05) is 60.7 Å². The number of hydrogen-bond donors (Lipinski definition) is 3. The molecule has 2 atom stereocenters. The van der Waals surface area contributed by atoms with E-state index < -0.39 is 0 Å². The number of pyridine rings is 1. The van der Waals surface area contributed by atoms with Crippen LogP contribution in [0.3, 0.4) is 0 Å². The minimum absolute atomic E-state index is 0.182. The van der Waals surface area contributed by atoms with Crippen molar-refractivity contribution in [3.8, 4) is 18.1 Å². The van der Waals surface area contributed by atoms with Crippen molar-refractivity contribution in [2.75, 3.05) is 68.3 Å². The van der Waals surface area contributed by atoms with E-state index in [4.69, 9.17) is 20.9 Å². The molecule has 2 unspecified atom stereocenters. The summed E-state index contributed by atoms with van der Waals surface area (Å²) in [6, 6.07) is 9.03. The van der Waals surface area contributed by atoms with Crippen molar-refractivity contribution in [3.05, 3.63) is 45.5 Å². The van der Waals surface area contributed by atoms with Crippen LogP contribution in [0.5, 0.6) is 6.01 Å². The van der Waals surface area contributed by atoms with E-state index in [0.717, 1.165) is 28.4 Å². The molecule has 0 bridgehead atoms. The van der Waals surface area contributed by atoms with E-state index in [0.29, 0.717) is 59.3 Å². The quantitative estimate of drug-likeness (QED) is 0.327. The lowest BCUT2D eigenvalue weighted by atomic mass is 9.88. The fourth-order valence-corrected chi connectivity index (χ4v) is 8.95. The lowest BCUT2D eigenvalue weighted by Crippen LogP contribution is -2.57. The fraction of sp³-hybridized carbons (Fsp3) is 0.500. The molecule has 0 amide bonds. The van der Waals surface area contributed by atoms with Gasteiger partial charge < -0.3 is 36.1 Å². The number of nitriles is 2. The standard InChI is InChI=1S/C24H25N9OS2.C6H13NO/c1-4-33(13(2)14-6-5-7-29-19(14)27)22-16(9-26)21(30-23(31-22)34-3)32-11-24(12-32)18-15(8-25)20(28)36-17(18)10-35-24;1-8-5-6-3-2-4-7-6/h5-7,13H,4,10-12,28H2,1-3H3,(H2,27,29);6-7H,2-5H2,1H3. The first-order valence-electron chi connectivity index (χ1n) is 14.6. The van der Waals surface area contributed by atoms with Gasteiger partial charge in [0.2, 0.25) is 0 Å². The predicted octanol–water partition coefficient (Wildman–Crippen LogP) is 3.78. The Morgan fingerprint density at radius 1 is 1.23 bits per heavy atom. The number of fused-ring (bicyclic) bond motifs is 2. The van der Waals surface area contributed by atoms with E-state index >= 15 is 0 Å². The highest BCUT2D eigenvalue weighted by Gasteiger charge is 2.53. The van der Waals surface area contributed by atoms with Gasteiger partial charge in [0.15, 0.2) is 11.6 Å². The third-order valence-corrected chi connectivity index (χ3v) is 11.0. The molecule has 3 aliphatic heterocycles. The maximum atomic E-state index is 10.3. The van der Waals surface area contributed by atoms with Crippen molar-refractivity contribution in [2.24, 2.45) is 0 Å². The Kier molecular flexibility index (Phi) is 9.65. The zero-order valence-electron chi connectivity index (χ0n) is 25.5. The summed E-state index contributed by atoms with van der Waals surface area (Å²) in [6.07, 6.45) is 4.25. The highest BCUT2D eigenvalue weighted by atomic mass is 32.2. The summed E-state index contributed by atoms with van der Waals surface area (Å²) in [5, 5.41) is 23.9. The van der Waals surface area contributed by atoms with Gasteiger partial charge in [0.25, 0.3) is 0 Å². The molecule has 44 heavy (non-hydrogen) atoms. The summed E-state index contributed by atoms with van der Waals surface area (Å²) in [5.41, 5.74) is 15.1. The Hall–Kier alpha value is -3.82. The number of thiophene rings is 1. The molecule has 0 aromatic carbocycles. The number of methoxy groups -OCH3 is 2. The van der Waals surface area contributed by atoms with Crippen LogP contribution in [0.4, 0.5) is 22.5 Å². The van der Waals surface area contributed by atoms with E-state index in [-0.39, 0.29) is 16.8 Å². The molecular weight excluding hydrogens is 597 g/mol. The minimum atomic E-state index is -0.235. The lowest BCUT2D eigenvalue weighted by Gasteiger charge is -2.48. The van der Waals surface area contributed by atoms with Gasteiger partial charge in [-0.3, -0.25) is 0 Å². The summed E-state index contributed by atoms with van der Waals surface area (Å²) in [7, 11) is 3.26. The summed E-state index contributed by atoms with van der Waals surface area (Å²) in [4.78, 5) is 18.6. The molecule has 6 heterocycles. The summed E-state index contributed by atoms with van der Waals surface area (Å²) in [5.74, 6) is 2.27. The van der Waals surface area contributed by atoms with Gasteiger partial charge in [-0.25, -0.2) is 4.98 Å². The molecule has 6 rings (SSSR count). The molecule has 12 nitrogen and oxygen atoms in total. The molecule has 3 aromatic heterocycles. The molecule has 3 aromatic rings. The molecule has 14 heteroatoms. The third-order valence-electron chi connectivity index (χ3n) is 8.32. The highest BCUT2D eigenvalue weighted by Crippen LogP contribution is 2.58. The number of anilines is 4. The molecule has 0 radical (unpaired) electrons. The van der Waals surface area contributed by atoms with Crippen LogP contribution in [0.15, 0.2) is 18.3 Å². The van der Waals surface area contributed by atoms with Crippen molar-refractivity contribution in [3.63, 3.8) is 0 Å². The number of nitrogen functional groups attached to an aromatic ring is 2. The SMILES string of the molecule is CCN(c1nc(OC)nc(N2CC3(C2)SCc2sc(N)c(C#N)c23)c1C#N)C(C)c1cccnc1N.COCC1CCCN1. The van der Waals surface area contributed by atoms with Crippen molar-refractivity contribution >= 4 is 45.6 Å². The average Bonchev–Trinajstić information content (AvgIpc) is 3.73. The Morgan fingerprint density at radius 2 is 2.00 bits per heavy atom. The number of nitrogens with two attached hydrogens (primary N) is 2. The normalized spacial score (nSPS) is 18.4. The third kappa shape index (κ3) is 5.83.